The van der Waals surface area contributed by atoms with Crippen molar-refractivity contribution in [3.8, 4) is 0 Å². The second-order valence-electron chi connectivity index (χ2n) is 4.28. The van der Waals surface area contributed by atoms with Crippen molar-refractivity contribution in [2.75, 3.05) is 6.54 Å². The molecule has 0 spiro atoms. The molecule has 0 aliphatic heterocycles. The van der Waals surface area contributed by atoms with Gasteiger partial charge in [-0.25, -0.2) is 4.98 Å². The van der Waals surface area contributed by atoms with Crippen molar-refractivity contribution in [1.82, 2.24) is 15.3 Å². The fourth-order valence-electron chi connectivity index (χ4n) is 2.16. The topological polar surface area (TPSA) is 57.8 Å². The minimum Gasteiger partial charge on any atom is -0.310 e. The first-order chi connectivity index (χ1) is 7.81. The summed E-state index contributed by atoms with van der Waals surface area (Å²) in [5, 5.41) is 3.18. The zero-order valence-electron chi connectivity index (χ0n) is 9.81. The molecule has 1 aromatic heterocycles. The summed E-state index contributed by atoms with van der Waals surface area (Å²) in [6.45, 7) is 3.58. The summed E-state index contributed by atoms with van der Waals surface area (Å²) in [6.07, 6.45) is 5.32. The zero-order chi connectivity index (χ0) is 11.4. The van der Waals surface area contributed by atoms with E-state index in [0.717, 1.165) is 49.3 Å². The number of aromatic nitrogens is 2. The second-order valence-corrected chi connectivity index (χ2v) is 4.28. The Balaban J connectivity index is 2.28. The predicted octanol–water partition coefficient (Wildman–Crippen LogP) is 1.15. The Bertz CT molecular complexity index is 411. The number of hydrogen-bond donors (Lipinski definition) is 2. The third kappa shape index (κ3) is 2.50. The molecule has 0 saturated carbocycles. The fraction of sp³-hybridized carbons (Fsp3) is 0.667. The van der Waals surface area contributed by atoms with Gasteiger partial charge in [-0.2, -0.15) is 0 Å². The van der Waals surface area contributed by atoms with E-state index in [0.29, 0.717) is 6.54 Å². The maximum atomic E-state index is 11.9. The van der Waals surface area contributed by atoms with Crippen molar-refractivity contribution in [1.29, 1.82) is 0 Å². The highest BCUT2D eigenvalue weighted by molar-refractivity contribution is 5.19. The number of nitrogens with one attached hydrogen (secondary N) is 2. The molecule has 0 amide bonds. The molecule has 16 heavy (non-hydrogen) atoms. The molecule has 0 saturated heterocycles. The van der Waals surface area contributed by atoms with Gasteiger partial charge >= 0.3 is 0 Å². The lowest BCUT2D eigenvalue weighted by atomic mass is 10.1. The van der Waals surface area contributed by atoms with Gasteiger partial charge < -0.3 is 10.3 Å². The molecule has 0 unspecified atom stereocenters. The van der Waals surface area contributed by atoms with E-state index in [-0.39, 0.29) is 5.56 Å². The van der Waals surface area contributed by atoms with Crippen molar-refractivity contribution in [2.45, 2.75) is 45.6 Å². The average Bonchev–Trinajstić information content (AvgIpc) is 2.51. The van der Waals surface area contributed by atoms with Crippen molar-refractivity contribution in [3.05, 3.63) is 27.4 Å². The van der Waals surface area contributed by atoms with Crippen LogP contribution < -0.4 is 10.9 Å². The lowest BCUT2D eigenvalue weighted by molar-refractivity contribution is 0.675. The Morgan fingerprint density at radius 2 is 2.12 bits per heavy atom. The third-order valence-corrected chi connectivity index (χ3v) is 3.03. The van der Waals surface area contributed by atoms with Gasteiger partial charge in [0.2, 0.25) is 0 Å². The smallest absolute Gasteiger partial charge is 0.254 e. The van der Waals surface area contributed by atoms with Gasteiger partial charge in [0.1, 0.15) is 5.82 Å². The minimum atomic E-state index is 0.0693. The SMILES string of the molecule is CCNCc1nc2c(c(=O)[nH]1)CCCCC2. The molecule has 2 N–H and O–H groups in total. The molecule has 0 fully saturated rings. The average molecular weight is 221 g/mol. The third-order valence-electron chi connectivity index (χ3n) is 3.03. The minimum absolute atomic E-state index is 0.0693. The van der Waals surface area contributed by atoms with E-state index in [1.54, 1.807) is 0 Å². The van der Waals surface area contributed by atoms with Gasteiger partial charge in [-0.1, -0.05) is 13.3 Å². The van der Waals surface area contributed by atoms with E-state index in [4.69, 9.17) is 0 Å². The van der Waals surface area contributed by atoms with E-state index < -0.39 is 0 Å². The van der Waals surface area contributed by atoms with Crippen LogP contribution in [0, 0.1) is 0 Å². The van der Waals surface area contributed by atoms with Gasteiger partial charge in [0.15, 0.2) is 0 Å². The Labute approximate surface area is 95.5 Å². The fourth-order valence-corrected chi connectivity index (χ4v) is 2.16. The van der Waals surface area contributed by atoms with Crippen molar-refractivity contribution < 1.29 is 0 Å². The van der Waals surface area contributed by atoms with Gasteiger partial charge in [-0.15, -0.1) is 0 Å². The van der Waals surface area contributed by atoms with Gasteiger partial charge in [0.05, 0.1) is 12.2 Å². The van der Waals surface area contributed by atoms with Crippen LogP contribution >= 0.6 is 0 Å². The summed E-state index contributed by atoms with van der Waals surface area (Å²) >= 11 is 0. The van der Waals surface area contributed by atoms with Crippen LogP contribution in [0.2, 0.25) is 0 Å². The number of H-pyrrole nitrogens is 1. The summed E-state index contributed by atoms with van der Waals surface area (Å²) in [5.74, 6) is 0.771. The molecular formula is C12H19N3O. The van der Waals surface area contributed by atoms with Crippen LogP contribution in [0.25, 0.3) is 0 Å². The largest absolute Gasteiger partial charge is 0.310 e. The molecule has 1 aliphatic carbocycles. The summed E-state index contributed by atoms with van der Waals surface area (Å²) < 4.78 is 0. The predicted molar refractivity (Wildman–Crippen MR) is 63.5 cm³/mol. The highest BCUT2D eigenvalue weighted by Gasteiger charge is 2.13. The van der Waals surface area contributed by atoms with Crippen LogP contribution in [-0.4, -0.2) is 16.5 Å². The summed E-state index contributed by atoms with van der Waals surface area (Å²) in [6, 6.07) is 0. The monoisotopic (exact) mass is 221 g/mol. The maximum absolute atomic E-state index is 11.9. The standard InChI is InChI=1S/C12H19N3O/c1-2-13-8-11-14-10-7-5-3-4-6-9(10)12(16)15-11/h13H,2-8H2,1H3,(H,14,15,16). The molecular weight excluding hydrogens is 202 g/mol. The number of rotatable bonds is 3. The first-order valence-corrected chi connectivity index (χ1v) is 6.13. The van der Waals surface area contributed by atoms with E-state index in [1.807, 2.05) is 6.92 Å². The summed E-state index contributed by atoms with van der Waals surface area (Å²) in [4.78, 5) is 19.3. The lowest BCUT2D eigenvalue weighted by Crippen LogP contribution is -2.23. The lowest BCUT2D eigenvalue weighted by Gasteiger charge is -2.07. The normalized spacial score (nSPS) is 15.6. The number of aryl methyl sites for hydroxylation is 1. The molecule has 0 radical (unpaired) electrons. The molecule has 4 nitrogen and oxygen atoms in total. The first kappa shape index (κ1) is 11.3. The van der Waals surface area contributed by atoms with E-state index >= 15 is 0 Å². The van der Waals surface area contributed by atoms with E-state index in [9.17, 15) is 4.79 Å². The Morgan fingerprint density at radius 1 is 1.31 bits per heavy atom. The first-order valence-electron chi connectivity index (χ1n) is 6.13. The number of aromatic amines is 1. The molecule has 2 rings (SSSR count). The highest BCUT2D eigenvalue weighted by atomic mass is 16.1. The van der Waals surface area contributed by atoms with Gasteiger partial charge in [0, 0.05) is 5.56 Å². The highest BCUT2D eigenvalue weighted by Crippen LogP contribution is 2.15. The zero-order valence-corrected chi connectivity index (χ0v) is 9.81. The van der Waals surface area contributed by atoms with Crippen LogP contribution in [0.5, 0.6) is 0 Å². The van der Waals surface area contributed by atoms with Crippen LogP contribution in [-0.2, 0) is 19.4 Å². The number of nitrogens with zero attached hydrogens (tertiary/aromatic N) is 1. The quantitative estimate of drug-likeness (QED) is 0.753. The van der Waals surface area contributed by atoms with E-state index in [1.165, 1.54) is 6.42 Å². The molecule has 1 heterocycles. The van der Waals surface area contributed by atoms with Crippen LogP contribution in [0.15, 0.2) is 4.79 Å². The van der Waals surface area contributed by atoms with Crippen molar-refractivity contribution in [2.24, 2.45) is 0 Å². The summed E-state index contributed by atoms with van der Waals surface area (Å²) in [7, 11) is 0. The molecule has 0 bridgehead atoms. The Kier molecular flexibility index (Phi) is 3.72. The summed E-state index contributed by atoms with van der Waals surface area (Å²) in [5.41, 5.74) is 2.01. The van der Waals surface area contributed by atoms with Crippen molar-refractivity contribution in [3.63, 3.8) is 0 Å². The molecule has 88 valence electrons. The van der Waals surface area contributed by atoms with Gasteiger partial charge in [0.25, 0.3) is 5.56 Å². The van der Waals surface area contributed by atoms with Gasteiger partial charge in [-0.3, -0.25) is 4.79 Å². The molecule has 0 aromatic carbocycles. The molecule has 0 atom stereocenters. The molecule has 1 aromatic rings. The van der Waals surface area contributed by atoms with Crippen molar-refractivity contribution >= 4 is 0 Å². The Morgan fingerprint density at radius 3 is 2.94 bits per heavy atom. The van der Waals surface area contributed by atoms with Gasteiger partial charge in [-0.05, 0) is 32.2 Å². The molecule has 4 heteroatoms. The molecule has 1 aliphatic rings. The van der Waals surface area contributed by atoms with Crippen LogP contribution in [0.1, 0.15) is 43.3 Å². The second kappa shape index (κ2) is 5.25. The van der Waals surface area contributed by atoms with Crippen LogP contribution in [0.4, 0.5) is 0 Å². The van der Waals surface area contributed by atoms with Crippen LogP contribution in [0.3, 0.4) is 0 Å². The Hall–Kier alpha value is -1.16. The maximum Gasteiger partial charge on any atom is 0.254 e. The van der Waals surface area contributed by atoms with E-state index in [2.05, 4.69) is 15.3 Å². The number of hydrogen-bond acceptors (Lipinski definition) is 3. The number of fused-ring (bicyclic) bond motifs is 1.